The summed E-state index contributed by atoms with van der Waals surface area (Å²) in [5.41, 5.74) is 0.890. The topological polar surface area (TPSA) is 97.4 Å². The van der Waals surface area contributed by atoms with E-state index in [1.54, 1.807) is 12.1 Å². The highest BCUT2D eigenvalue weighted by atomic mass is 32.2. The number of benzene rings is 1. The third-order valence-corrected chi connectivity index (χ3v) is 5.44. The molecule has 2 aromatic rings. The average molecular weight is 441 g/mol. The summed E-state index contributed by atoms with van der Waals surface area (Å²) in [7, 11) is -3.53. The number of rotatable bonds is 8. The first kappa shape index (κ1) is 21.8. The molecule has 0 saturated heterocycles. The van der Waals surface area contributed by atoms with Crippen molar-refractivity contribution >= 4 is 27.7 Å². The number of carbonyl (C=O) groups is 1. The summed E-state index contributed by atoms with van der Waals surface area (Å²) in [6.45, 7) is -1.45. The van der Waals surface area contributed by atoms with E-state index >= 15 is 0 Å². The smallest absolute Gasteiger partial charge is 0.422 e. The van der Waals surface area contributed by atoms with Crippen LogP contribution >= 0.6 is 0 Å². The van der Waals surface area contributed by atoms with Gasteiger partial charge < -0.3 is 10.1 Å². The second-order valence-corrected chi connectivity index (χ2v) is 8.29. The molecule has 0 spiro atoms. The molecule has 1 heterocycles. The van der Waals surface area contributed by atoms with E-state index in [2.05, 4.69) is 19.8 Å². The van der Waals surface area contributed by atoms with Crippen molar-refractivity contribution in [2.45, 2.75) is 30.0 Å². The third-order valence-electron chi connectivity index (χ3n) is 3.90. The maximum atomic E-state index is 12.1. The Morgan fingerprint density at radius 2 is 1.87 bits per heavy atom. The van der Waals surface area contributed by atoms with Gasteiger partial charge in [-0.1, -0.05) is 12.1 Å². The fraction of sp³-hybridized carbons (Fsp3) is 0.263. The van der Waals surface area contributed by atoms with Crippen LogP contribution in [0.4, 0.5) is 18.9 Å². The van der Waals surface area contributed by atoms with Crippen LogP contribution in [-0.4, -0.2) is 38.1 Å². The number of sulfonamides is 1. The Hall–Kier alpha value is -2.92. The lowest BCUT2D eigenvalue weighted by molar-refractivity contribution is -0.154. The number of ether oxygens (including phenoxy) is 1. The minimum Gasteiger partial charge on any atom is -0.468 e. The monoisotopic (exact) mass is 441 g/mol. The van der Waals surface area contributed by atoms with Gasteiger partial charge in [-0.05, 0) is 42.7 Å². The minimum absolute atomic E-state index is 0.0121. The number of hydrogen-bond donors (Lipinski definition) is 2. The van der Waals surface area contributed by atoms with Crippen LogP contribution in [0, 0.1) is 0 Å². The molecule has 0 atom stereocenters. The molecule has 11 heteroatoms. The van der Waals surface area contributed by atoms with Crippen molar-refractivity contribution in [3.63, 3.8) is 0 Å². The summed E-state index contributed by atoms with van der Waals surface area (Å²) in [5, 5.41) is 2.50. The van der Waals surface area contributed by atoms with E-state index in [9.17, 15) is 26.4 Å². The van der Waals surface area contributed by atoms with Gasteiger partial charge >= 0.3 is 6.18 Å². The van der Waals surface area contributed by atoms with Crippen molar-refractivity contribution in [1.29, 1.82) is 0 Å². The molecular weight excluding hydrogens is 423 g/mol. The molecule has 1 aromatic carbocycles. The lowest BCUT2D eigenvalue weighted by Crippen LogP contribution is -2.25. The summed E-state index contributed by atoms with van der Waals surface area (Å²) in [6, 6.07) is 8.62. The standard InChI is InChI=1S/C19H18F3N3O4S/c20-19(21,22)12-29-18-10-6-15(11-23-18)24-17(26)9-3-13-1-7-16(8-2-13)30(27,28)25-14-4-5-14/h1-3,6-11,14,25H,4-5,12H2,(H,24,26). The van der Waals surface area contributed by atoms with Crippen LogP contribution in [0.15, 0.2) is 53.6 Å². The fourth-order valence-corrected chi connectivity index (χ4v) is 3.60. The Morgan fingerprint density at radius 1 is 1.17 bits per heavy atom. The lowest BCUT2D eigenvalue weighted by atomic mass is 10.2. The van der Waals surface area contributed by atoms with Crippen molar-refractivity contribution < 1.29 is 31.1 Å². The number of hydrogen-bond acceptors (Lipinski definition) is 5. The van der Waals surface area contributed by atoms with Gasteiger partial charge in [0.25, 0.3) is 0 Å². The number of nitrogens with one attached hydrogen (secondary N) is 2. The van der Waals surface area contributed by atoms with Crippen molar-refractivity contribution in [1.82, 2.24) is 9.71 Å². The number of amides is 1. The van der Waals surface area contributed by atoms with Crippen LogP contribution in [-0.2, 0) is 14.8 Å². The predicted octanol–water partition coefficient (Wildman–Crippen LogP) is 3.12. The molecule has 0 aliphatic heterocycles. The Balaban J connectivity index is 1.53. The van der Waals surface area contributed by atoms with Crippen LogP contribution in [0.1, 0.15) is 18.4 Å². The molecule has 1 aliphatic rings. The van der Waals surface area contributed by atoms with Crippen LogP contribution in [0.5, 0.6) is 5.88 Å². The maximum absolute atomic E-state index is 12.1. The molecule has 3 rings (SSSR count). The highest BCUT2D eigenvalue weighted by Crippen LogP contribution is 2.22. The van der Waals surface area contributed by atoms with Gasteiger partial charge in [-0.2, -0.15) is 13.2 Å². The summed E-state index contributed by atoms with van der Waals surface area (Å²) >= 11 is 0. The first-order chi connectivity index (χ1) is 14.1. The van der Waals surface area contributed by atoms with E-state index in [1.165, 1.54) is 42.6 Å². The molecule has 0 bridgehead atoms. The summed E-state index contributed by atoms with van der Waals surface area (Å²) < 4.78 is 67.6. The lowest BCUT2D eigenvalue weighted by Gasteiger charge is -2.08. The second kappa shape index (κ2) is 8.84. The second-order valence-electron chi connectivity index (χ2n) is 6.58. The van der Waals surface area contributed by atoms with Gasteiger partial charge in [0.1, 0.15) is 0 Å². The van der Waals surface area contributed by atoms with Crippen molar-refractivity contribution in [3.8, 4) is 5.88 Å². The molecule has 2 N–H and O–H groups in total. The number of nitrogens with zero attached hydrogens (tertiary/aromatic N) is 1. The van der Waals surface area contributed by atoms with Gasteiger partial charge in [0.15, 0.2) is 6.61 Å². The quantitative estimate of drug-likeness (QED) is 0.614. The van der Waals surface area contributed by atoms with Crippen LogP contribution in [0.25, 0.3) is 6.08 Å². The number of aromatic nitrogens is 1. The first-order valence-electron chi connectivity index (χ1n) is 8.88. The number of anilines is 1. The Bertz CT molecular complexity index is 1020. The van der Waals surface area contributed by atoms with Crippen LogP contribution in [0.3, 0.4) is 0 Å². The van der Waals surface area contributed by atoms with E-state index in [4.69, 9.17) is 0 Å². The normalized spacial score (nSPS) is 14.6. The zero-order valence-electron chi connectivity index (χ0n) is 15.5. The number of pyridine rings is 1. The summed E-state index contributed by atoms with van der Waals surface area (Å²) in [5.74, 6) is -0.708. The molecule has 30 heavy (non-hydrogen) atoms. The zero-order chi connectivity index (χ0) is 21.8. The summed E-state index contributed by atoms with van der Waals surface area (Å²) in [6.07, 6.45) is 1.12. The molecule has 7 nitrogen and oxygen atoms in total. The highest BCUT2D eigenvalue weighted by Gasteiger charge is 2.29. The fourth-order valence-electron chi connectivity index (χ4n) is 2.30. The largest absolute Gasteiger partial charge is 0.468 e. The molecule has 0 radical (unpaired) electrons. The van der Waals surface area contributed by atoms with Gasteiger partial charge in [-0.15, -0.1) is 0 Å². The number of alkyl halides is 3. The van der Waals surface area contributed by atoms with Crippen LogP contribution < -0.4 is 14.8 Å². The molecule has 1 fully saturated rings. The Morgan fingerprint density at radius 3 is 2.43 bits per heavy atom. The van der Waals surface area contributed by atoms with E-state index in [1.807, 2.05) is 0 Å². The highest BCUT2D eigenvalue weighted by molar-refractivity contribution is 7.89. The molecule has 1 saturated carbocycles. The molecule has 160 valence electrons. The van der Waals surface area contributed by atoms with Gasteiger partial charge in [0, 0.05) is 18.2 Å². The van der Waals surface area contributed by atoms with E-state index in [0.29, 0.717) is 5.56 Å². The molecule has 1 amide bonds. The molecule has 1 aliphatic carbocycles. The maximum Gasteiger partial charge on any atom is 0.422 e. The number of carbonyl (C=O) groups excluding carboxylic acids is 1. The average Bonchev–Trinajstić information content (AvgIpc) is 3.49. The Kier molecular flexibility index (Phi) is 6.42. The van der Waals surface area contributed by atoms with Gasteiger partial charge in [-0.25, -0.2) is 18.1 Å². The van der Waals surface area contributed by atoms with E-state index < -0.39 is 28.7 Å². The SMILES string of the molecule is O=C(C=Cc1ccc(S(=O)(=O)NC2CC2)cc1)Nc1ccc(OCC(F)(F)F)nc1. The van der Waals surface area contributed by atoms with Crippen molar-refractivity contribution in [2.24, 2.45) is 0 Å². The third kappa shape index (κ3) is 6.85. The zero-order valence-corrected chi connectivity index (χ0v) is 16.3. The van der Waals surface area contributed by atoms with Crippen molar-refractivity contribution in [2.75, 3.05) is 11.9 Å². The molecule has 0 unspecified atom stereocenters. The van der Waals surface area contributed by atoms with E-state index in [-0.39, 0.29) is 22.5 Å². The van der Waals surface area contributed by atoms with Crippen LogP contribution in [0.2, 0.25) is 0 Å². The number of halogens is 3. The van der Waals surface area contributed by atoms with Gasteiger partial charge in [0.2, 0.25) is 21.8 Å². The predicted molar refractivity (Wildman–Crippen MR) is 103 cm³/mol. The van der Waals surface area contributed by atoms with Crippen molar-refractivity contribution in [3.05, 3.63) is 54.2 Å². The van der Waals surface area contributed by atoms with Gasteiger partial charge in [-0.3, -0.25) is 4.79 Å². The summed E-state index contributed by atoms with van der Waals surface area (Å²) in [4.78, 5) is 15.8. The minimum atomic E-state index is -4.46. The molecular formula is C19H18F3N3O4S. The molecule has 1 aromatic heterocycles. The first-order valence-corrected chi connectivity index (χ1v) is 10.4. The van der Waals surface area contributed by atoms with Gasteiger partial charge in [0.05, 0.1) is 16.8 Å². The Labute approximate surface area is 171 Å². The van der Waals surface area contributed by atoms with E-state index in [0.717, 1.165) is 12.8 Å².